The van der Waals surface area contributed by atoms with E-state index in [-0.39, 0.29) is 11.7 Å². The largest absolute Gasteiger partial charge is 0.465 e. The van der Waals surface area contributed by atoms with Gasteiger partial charge < -0.3 is 10.1 Å². The molecule has 0 atom stereocenters. The van der Waals surface area contributed by atoms with E-state index >= 15 is 0 Å². The summed E-state index contributed by atoms with van der Waals surface area (Å²) in [4.78, 5) is 20.6. The van der Waals surface area contributed by atoms with Crippen molar-refractivity contribution in [2.45, 2.75) is 25.3 Å². The lowest BCUT2D eigenvalue weighted by atomic mass is 10.1. The average Bonchev–Trinajstić information content (AvgIpc) is 3.45. The van der Waals surface area contributed by atoms with Crippen molar-refractivity contribution in [3.63, 3.8) is 0 Å². The average molecular weight is 343 g/mol. The number of halogens is 1. The number of rotatable bonds is 5. The molecule has 1 saturated carbocycles. The van der Waals surface area contributed by atoms with Crippen molar-refractivity contribution in [3.05, 3.63) is 51.9 Å². The molecule has 24 heavy (non-hydrogen) atoms. The zero-order chi connectivity index (χ0) is 17.1. The summed E-state index contributed by atoms with van der Waals surface area (Å²) in [6, 6.07) is 8.80. The molecule has 0 aromatic carbocycles. The van der Waals surface area contributed by atoms with Gasteiger partial charge >= 0.3 is 5.97 Å². The van der Waals surface area contributed by atoms with Crippen LogP contribution in [-0.2, 0) is 11.3 Å². The molecule has 2 aromatic rings. The quantitative estimate of drug-likeness (QED) is 0.839. The van der Waals surface area contributed by atoms with Crippen LogP contribution >= 0.6 is 11.6 Å². The van der Waals surface area contributed by atoms with Crippen molar-refractivity contribution >= 4 is 23.4 Å². The van der Waals surface area contributed by atoms with Crippen molar-refractivity contribution in [1.82, 2.24) is 9.97 Å². The maximum atomic E-state index is 11.8. The van der Waals surface area contributed by atoms with Gasteiger partial charge in [-0.25, -0.2) is 9.78 Å². The number of pyridine rings is 2. The van der Waals surface area contributed by atoms with Crippen LogP contribution in [0, 0.1) is 11.3 Å². The third-order valence-corrected chi connectivity index (χ3v) is 4.06. The molecule has 2 aromatic heterocycles. The summed E-state index contributed by atoms with van der Waals surface area (Å²) in [5.74, 6) is 0.516. The number of carbonyl (C=O) groups excluding carboxylic acids is 1. The minimum Gasteiger partial charge on any atom is -0.465 e. The number of aromatic nitrogens is 2. The Morgan fingerprint density at radius 3 is 2.83 bits per heavy atom. The molecule has 0 unspecified atom stereocenters. The van der Waals surface area contributed by atoms with Crippen LogP contribution in [0.3, 0.4) is 0 Å². The van der Waals surface area contributed by atoms with Crippen LogP contribution in [0.25, 0.3) is 0 Å². The molecule has 0 bridgehead atoms. The number of carbonyl (C=O) groups is 1. The molecular weight excluding hydrogens is 328 g/mol. The fourth-order valence-electron chi connectivity index (χ4n) is 2.37. The number of methoxy groups -OCH3 is 1. The van der Waals surface area contributed by atoms with Gasteiger partial charge in [0.05, 0.1) is 35.6 Å². The van der Waals surface area contributed by atoms with Gasteiger partial charge in [-0.15, -0.1) is 0 Å². The van der Waals surface area contributed by atoms with Gasteiger partial charge in [-0.2, -0.15) is 5.26 Å². The highest BCUT2D eigenvalue weighted by Crippen LogP contribution is 2.40. The number of hydrogen-bond donors (Lipinski definition) is 1. The Labute approximate surface area is 144 Å². The SMILES string of the molecule is COC(=O)c1ccc(CNc2ccc(Cl)c(C#N)n2)nc1C1CC1. The van der Waals surface area contributed by atoms with Crippen LogP contribution in [0.2, 0.25) is 5.02 Å². The van der Waals surface area contributed by atoms with Gasteiger partial charge in [0.2, 0.25) is 0 Å². The summed E-state index contributed by atoms with van der Waals surface area (Å²) >= 11 is 5.87. The van der Waals surface area contributed by atoms with Crippen molar-refractivity contribution < 1.29 is 9.53 Å². The minimum absolute atomic E-state index is 0.175. The molecule has 6 nitrogen and oxygen atoms in total. The van der Waals surface area contributed by atoms with E-state index in [1.165, 1.54) is 7.11 Å². The van der Waals surface area contributed by atoms with Crippen LogP contribution < -0.4 is 5.32 Å². The van der Waals surface area contributed by atoms with Gasteiger partial charge in [0.1, 0.15) is 11.9 Å². The van der Waals surface area contributed by atoms with Gasteiger partial charge in [0, 0.05) is 5.92 Å². The summed E-state index contributed by atoms with van der Waals surface area (Å²) in [7, 11) is 1.37. The number of hydrogen-bond acceptors (Lipinski definition) is 6. The van der Waals surface area contributed by atoms with Crippen molar-refractivity contribution in [2.24, 2.45) is 0 Å². The van der Waals surface area contributed by atoms with Crippen LogP contribution in [0.4, 0.5) is 5.82 Å². The second kappa shape index (κ2) is 6.85. The van der Waals surface area contributed by atoms with Crippen molar-refractivity contribution in [3.8, 4) is 6.07 Å². The number of nitriles is 1. The molecule has 0 amide bonds. The zero-order valence-corrected chi connectivity index (χ0v) is 13.8. The third-order valence-electron chi connectivity index (χ3n) is 3.75. The Hall–Kier alpha value is -2.65. The second-order valence-corrected chi connectivity index (χ2v) is 5.90. The van der Waals surface area contributed by atoms with Gasteiger partial charge in [-0.1, -0.05) is 11.6 Å². The molecule has 122 valence electrons. The fraction of sp³-hybridized carbons (Fsp3) is 0.294. The van der Waals surface area contributed by atoms with Crippen molar-refractivity contribution in [2.75, 3.05) is 12.4 Å². The van der Waals surface area contributed by atoms with Gasteiger partial charge in [0.15, 0.2) is 5.69 Å². The predicted octanol–water partition coefficient (Wildman–Crippen LogP) is 3.28. The van der Waals surface area contributed by atoms with E-state index in [0.29, 0.717) is 28.9 Å². The first kappa shape index (κ1) is 16.2. The number of esters is 1. The maximum absolute atomic E-state index is 11.8. The first-order chi connectivity index (χ1) is 11.6. The first-order valence-corrected chi connectivity index (χ1v) is 7.89. The smallest absolute Gasteiger partial charge is 0.339 e. The van der Waals surface area contributed by atoms with E-state index in [1.54, 1.807) is 24.3 Å². The van der Waals surface area contributed by atoms with Crippen molar-refractivity contribution in [1.29, 1.82) is 5.26 Å². The first-order valence-electron chi connectivity index (χ1n) is 7.51. The Kier molecular flexibility index (Phi) is 4.63. The molecular formula is C17H15ClN4O2. The molecule has 0 spiro atoms. The van der Waals surface area contributed by atoms with Gasteiger partial charge in [-0.05, 0) is 37.1 Å². The second-order valence-electron chi connectivity index (χ2n) is 5.49. The van der Waals surface area contributed by atoms with Gasteiger partial charge in [0.25, 0.3) is 0 Å². The maximum Gasteiger partial charge on any atom is 0.339 e. The molecule has 1 aliphatic rings. The molecule has 0 aliphatic heterocycles. The van der Waals surface area contributed by atoms with E-state index < -0.39 is 0 Å². The highest BCUT2D eigenvalue weighted by atomic mass is 35.5. The normalized spacial score (nSPS) is 13.2. The molecule has 1 N–H and O–H groups in total. The Morgan fingerprint density at radius 2 is 2.17 bits per heavy atom. The molecule has 7 heteroatoms. The third kappa shape index (κ3) is 3.47. The number of nitrogens with one attached hydrogen (secondary N) is 1. The number of anilines is 1. The lowest BCUT2D eigenvalue weighted by Crippen LogP contribution is -2.10. The number of nitrogens with zero attached hydrogens (tertiary/aromatic N) is 3. The van der Waals surface area contributed by atoms with Crippen LogP contribution in [0.5, 0.6) is 0 Å². The highest BCUT2D eigenvalue weighted by Gasteiger charge is 2.30. The van der Waals surface area contributed by atoms with E-state index in [0.717, 1.165) is 24.2 Å². The highest BCUT2D eigenvalue weighted by molar-refractivity contribution is 6.31. The summed E-state index contributed by atoms with van der Waals surface area (Å²) < 4.78 is 4.81. The van der Waals surface area contributed by atoms with Crippen LogP contribution in [0.15, 0.2) is 24.3 Å². The van der Waals surface area contributed by atoms with E-state index in [4.69, 9.17) is 21.6 Å². The van der Waals surface area contributed by atoms with Gasteiger partial charge in [-0.3, -0.25) is 4.98 Å². The molecule has 3 rings (SSSR count). The molecule has 0 radical (unpaired) electrons. The fourth-order valence-corrected chi connectivity index (χ4v) is 2.51. The zero-order valence-electron chi connectivity index (χ0n) is 13.0. The summed E-state index contributed by atoms with van der Waals surface area (Å²) in [5.41, 5.74) is 2.29. The molecule has 1 aliphatic carbocycles. The Balaban J connectivity index is 1.77. The Bertz CT molecular complexity index is 828. The summed E-state index contributed by atoms with van der Waals surface area (Å²) in [5, 5.41) is 12.4. The Morgan fingerprint density at radius 1 is 1.38 bits per heavy atom. The number of ether oxygens (including phenoxy) is 1. The monoisotopic (exact) mass is 342 g/mol. The van der Waals surface area contributed by atoms with E-state index in [1.807, 2.05) is 6.07 Å². The van der Waals surface area contributed by atoms with E-state index in [2.05, 4.69) is 15.3 Å². The molecule has 0 saturated heterocycles. The lowest BCUT2D eigenvalue weighted by molar-refractivity contribution is 0.0598. The molecule has 2 heterocycles. The predicted molar refractivity (Wildman–Crippen MR) is 88.8 cm³/mol. The standard InChI is InChI=1S/C17H15ClN4O2/c1-24-17(23)12-5-4-11(21-16(12)10-2-3-10)9-20-15-7-6-13(18)14(8-19)22-15/h4-7,10H,2-3,9H2,1H3,(H,20,22). The summed E-state index contributed by atoms with van der Waals surface area (Å²) in [6.07, 6.45) is 2.08. The topological polar surface area (TPSA) is 87.9 Å². The molecule has 1 fully saturated rings. The minimum atomic E-state index is -0.359. The van der Waals surface area contributed by atoms with Crippen LogP contribution in [0.1, 0.15) is 46.2 Å². The van der Waals surface area contributed by atoms with E-state index in [9.17, 15) is 4.79 Å². The van der Waals surface area contributed by atoms with Crippen LogP contribution in [-0.4, -0.2) is 23.0 Å². The lowest BCUT2D eigenvalue weighted by Gasteiger charge is -2.10. The summed E-state index contributed by atoms with van der Waals surface area (Å²) in [6.45, 7) is 0.431.